The van der Waals surface area contributed by atoms with Gasteiger partial charge in [-0.25, -0.2) is 4.98 Å². The Morgan fingerprint density at radius 1 is 1.19 bits per heavy atom. The number of halogens is 4. The molecule has 0 N–H and O–H groups in total. The average Bonchev–Trinajstić information content (AvgIpc) is 2.99. The molecule has 0 bridgehead atoms. The van der Waals surface area contributed by atoms with Crippen LogP contribution in [0.5, 0.6) is 0 Å². The zero-order chi connectivity index (χ0) is 19.6. The third kappa shape index (κ3) is 5.14. The van der Waals surface area contributed by atoms with Crippen LogP contribution in [0.4, 0.5) is 18.9 Å². The van der Waals surface area contributed by atoms with Crippen LogP contribution in [0.25, 0.3) is 11.2 Å². The van der Waals surface area contributed by atoms with Gasteiger partial charge in [-0.05, 0) is 43.3 Å². The van der Waals surface area contributed by atoms with Crippen molar-refractivity contribution < 1.29 is 22.4 Å². The van der Waals surface area contributed by atoms with Crippen molar-refractivity contribution in [2.75, 3.05) is 17.2 Å². The fraction of sp³-hybridized carbons (Fsp3) is 0.235. The van der Waals surface area contributed by atoms with Crippen molar-refractivity contribution >= 4 is 46.2 Å². The minimum absolute atomic E-state index is 0.109. The van der Waals surface area contributed by atoms with Crippen molar-refractivity contribution in [3.05, 3.63) is 47.1 Å². The summed E-state index contributed by atoms with van der Waals surface area (Å²) in [4.78, 5) is 21.4. The van der Waals surface area contributed by atoms with E-state index in [1.54, 1.807) is 19.1 Å². The SMILES string of the molecule is Cc1ccc2oc(SCC(=O)N(CC(F)(F)F)c3ccc(Cl)cc3)nc2n1. The van der Waals surface area contributed by atoms with E-state index in [1.807, 2.05) is 0 Å². The van der Waals surface area contributed by atoms with Gasteiger partial charge in [0.05, 0.1) is 5.75 Å². The Bertz CT molecular complexity index is 960. The molecular formula is C17H13ClF3N3O2S. The number of anilines is 1. The molecule has 3 aromatic rings. The molecule has 27 heavy (non-hydrogen) atoms. The number of benzene rings is 1. The normalized spacial score (nSPS) is 11.7. The number of aromatic nitrogens is 2. The van der Waals surface area contributed by atoms with Crippen molar-refractivity contribution in [2.45, 2.75) is 18.3 Å². The van der Waals surface area contributed by atoms with Gasteiger partial charge in [-0.15, -0.1) is 0 Å². The lowest BCUT2D eigenvalue weighted by Gasteiger charge is -2.23. The molecule has 0 aliphatic carbocycles. The Balaban J connectivity index is 1.75. The van der Waals surface area contributed by atoms with Gasteiger partial charge in [0, 0.05) is 16.4 Å². The molecule has 2 aromatic heterocycles. The lowest BCUT2D eigenvalue weighted by atomic mass is 10.3. The van der Waals surface area contributed by atoms with Crippen molar-refractivity contribution in [2.24, 2.45) is 0 Å². The van der Waals surface area contributed by atoms with Crippen LogP contribution >= 0.6 is 23.4 Å². The van der Waals surface area contributed by atoms with E-state index >= 15 is 0 Å². The first-order valence-corrected chi connectivity index (χ1v) is 9.07. The zero-order valence-electron chi connectivity index (χ0n) is 14.0. The summed E-state index contributed by atoms with van der Waals surface area (Å²) in [7, 11) is 0. The zero-order valence-corrected chi connectivity index (χ0v) is 15.5. The second-order valence-corrected chi connectivity index (χ2v) is 6.98. The van der Waals surface area contributed by atoms with Crippen molar-refractivity contribution in [3.63, 3.8) is 0 Å². The van der Waals surface area contributed by atoms with Crippen LogP contribution in [0, 0.1) is 6.92 Å². The smallest absolute Gasteiger partial charge is 0.406 e. The van der Waals surface area contributed by atoms with Gasteiger partial charge in [0.1, 0.15) is 6.54 Å². The molecule has 0 spiro atoms. The summed E-state index contributed by atoms with van der Waals surface area (Å²) in [6.45, 7) is 0.397. The van der Waals surface area contributed by atoms with Crippen LogP contribution in [0.2, 0.25) is 5.02 Å². The summed E-state index contributed by atoms with van der Waals surface area (Å²) in [5.41, 5.74) is 1.69. The molecule has 2 heterocycles. The van der Waals surface area contributed by atoms with Crippen LogP contribution in [-0.2, 0) is 4.79 Å². The van der Waals surface area contributed by atoms with E-state index in [2.05, 4.69) is 9.97 Å². The number of amides is 1. The van der Waals surface area contributed by atoms with E-state index in [4.69, 9.17) is 16.0 Å². The number of carbonyl (C=O) groups is 1. The lowest BCUT2D eigenvalue weighted by Crippen LogP contribution is -2.40. The first kappa shape index (κ1) is 19.5. The number of hydrogen-bond donors (Lipinski definition) is 0. The molecule has 10 heteroatoms. The predicted molar refractivity (Wildman–Crippen MR) is 97.1 cm³/mol. The monoisotopic (exact) mass is 415 g/mol. The van der Waals surface area contributed by atoms with E-state index in [0.29, 0.717) is 21.2 Å². The quantitative estimate of drug-likeness (QED) is 0.556. The number of carbonyl (C=O) groups excluding carboxylic acids is 1. The van der Waals surface area contributed by atoms with Gasteiger partial charge >= 0.3 is 6.18 Å². The third-order valence-corrected chi connectivity index (χ3v) is 4.53. The molecule has 0 atom stereocenters. The number of pyridine rings is 1. The Morgan fingerprint density at radius 3 is 2.56 bits per heavy atom. The van der Waals surface area contributed by atoms with Crippen molar-refractivity contribution in [3.8, 4) is 0 Å². The van der Waals surface area contributed by atoms with Gasteiger partial charge in [0.2, 0.25) is 5.91 Å². The number of hydrogen-bond acceptors (Lipinski definition) is 5. The second kappa shape index (κ2) is 7.77. The topological polar surface area (TPSA) is 59.2 Å². The van der Waals surface area contributed by atoms with Crippen LogP contribution in [0.1, 0.15) is 5.69 Å². The lowest BCUT2D eigenvalue weighted by molar-refractivity contribution is -0.131. The predicted octanol–water partition coefficient (Wildman–Crippen LogP) is 4.87. The molecule has 0 fully saturated rings. The molecule has 0 unspecified atom stereocenters. The summed E-state index contributed by atoms with van der Waals surface area (Å²) in [5, 5.41) is 0.529. The summed E-state index contributed by atoms with van der Waals surface area (Å²) < 4.78 is 44.2. The first-order chi connectivity index (χ1) is 12.7. The molecule has 0 aliphatic heterocycles. The Hall–Kier alpha value is -2.26. The maximum absolute atomic E-state index is 12.9. The Kier molecular flexibility index (Phi) is 5.61. The maximum Gasteiger partial charge on any atom is 0.406 e. The summed E-state index contributed by atoms with van der Waals surface area (Å²) in [6, 6.07) is 9.02. The van der Waals surface area contributed by atoms with Crippen molar-refractivity contribution in [1.29, 1.82) is 0 Å². The number of oxazole rings is 1. The molecule has 142 valence electrons. The Labute approximate surface area is 161 Å². The number of rotatable bonds is 5. The number of fused-ring (bicyclic) bond motifs is 1. The largest absolute Gasteiger partial charge is 0.430 e. The molecule has 0 saturated heterocycles. The van der Waals surface area contributed by atoms with Gasteiger partial charge in [0.25, 0.3) is 5.22 Å². The summed E-state index contributed by atoms with van der Waals surface area (Å²) in [6.07, 6.45) is -4.54. The van der Waals surface area contributed by atoms with Gasteiger partial charge in [0.15, 0.2) is 11.2 Å². The average molecular weight is 416 g/mol. The fourth-order valence-corrected chi connectivity index (χ4v) is 3.11. The molecule has 3 rings (SSSR count). The molecule has 0 saturated carbocycles. The summed E-state index contributed by atoms with van der Waals surface area (Å²) >= 11 is 6.67. The number of thioether (sulfide) groups is 1. The minimum atomic E-state index is -4.54. The first-order valence-electron chi connectivity index (χ1n) is 7.71. The van der Waals surface area contributed by atoms with Gasteiger partial charge in [-0.2, -0.15) is 18.2 Å². The van der Waals surface area contributed by atoms with Crippen LogP contribution in [0.3, 0.4) is 0 Å². The summed E-state index contributed by atoms with van der Waals surface area (Å²) in [5.74, 6) is -1.00. The highest BCUT2D eigenvalue weighted by Gasteiger charge is 2.34. The maximum atomic E-state index is 12.9. The highest BCUT2D eigenvalue weighted by Crippen LogP contribution is 2.27. The highest BCUT2D eigenvalue weighted by molar-refractivity contribution is 7.99. The molecule has 1 amide bonds. The van der Waals surface area contributed by atoms with Crippen molar-refractivity contribution in [1.82, 2.24) is 9.97 Å². The highest BCUT2D eigenvalue weighted by atomic mass is 35.5. The van der Waals surface area contributed by atoms with Crippen LogP contribution < -0.4 is 4.90 Å². The van der Waals surface area contributed by atoms with E-state index in [-0.39, 0.29) is 16.7 Å². The number of nitrogens with zero attached hydrogens (tertiary/aromatic N) is 3. The molecule has 0 aliphatic rings. The van der Waals surface area contributed by atoms with E-state index < -0.39 is 18.6 Å². The fourth-order valence-electron chi connectivity index (χ4n) is 2.28. The number of alkyl halides is 3. The van der Waals surface area contributed by atoms with Crippen LogP contribution in [-0.4, -0.2) is 34.3 Å². The minimum Gasteiger partial charge on any atom is -0.430 e. The van der Waals surface area contributed by atoms with E-state index in [9.17, 15) is 18.0 Å². The van der Waals surface area contributed by atoms with Gasteiger partial charge < -0.3 is 9.32 Å². The van der Waals surface area contributed by atoms with Gasteiger partial charge in [-0.1, -0.05) is 23.4 Å². The van der Waals surface area contributed by atoms with Gasteiger partial charge in [-0.3, -0.25) is 4.79 Å². The number of aryl methyl sites for hydroxylation is 1. The molecule has 5 nitrogen and oxygen atoms in total. The van der Waals surface area contributed by atoms with Crippen LogP contribution in [0.15, 0.2) is 46.0 Å². The molecule has 1 aromatic carbocycles. The third-order valence-electron chi connectivity index (χ3n) is 3.47. The molecule has 0 radical (unpaired) electrons. The van der Waals surface area contributed by atoms with E-state index in [0.717, 1.165) is 17.5 Å². The second-order valence-electron chi connectivity index (χ2n) is 5.61. The molecular weight excluding hydrogens is 403 g/mol. The standard InChI is InChI=1S/C17H13ClF3N3O2S/c1-10-2-7-13-15(22-10)23-16(26-13)27-8-14(25)24(9-17(19,20)21)12-5-3-11(18)4-6-12/h2-7H,8-9H2,1H3. The Morgan fingerprint density at radius 2 is 1.89 bits per heavy atom. The van der Waals surface area contributed by atoms with E-state index in [1.165, 1.54) is 24.3 Å².